The van der Waals surface area contributed by atoms with Gasteiger partial charge in [-0.05, 0) is 0 Å². The third-order valence-corrected chi connectivity index (χ3v) is 1.07. The van der Waals surface area contributed by atoms with Gasteiger partial charge in [-0.15, -0.1) is 0 Å². The number of rotatable bonds is 2. The van der Waals surface area contributed by atoms with Crippen LogP contribution in [-0.2, 0) is 0 Å². The van der Waals surface area contributed by atoms with Crippen molar-refractivity contribution in [3.63, 3.8) is 0 Å². The molecule has 8 heavy (non-hydrogen) atoms. The van der Waals surface area contributed by atoms with Crippen molar-refractivity contribution in [2.75, 3.05) is 6.54 Å². The summed E-state index contributed by atoms with van der Waals surface area (Å²) in [5.41, 5.74) is 0. The molecule has 0 atom stereocenters. The zero-order valence-corrected chi connectivity index (χ0v) is 8.63. The van der Waals surface area contributed by atoms with Gasteiger partial charge in [0.25, 0.3) is 0 Å². The van der Waals surface area contributed by atoms with Crippen LogP contribution in [0.4, 0.5) is 0 Å². The molecule has 0 aliphatic carbocycles. The molecule has 0 saturated heterocycles. The molecule has 0 aromatic heterocycles. The SMILES string of the molecule is CC.CCCN(O)[At]. The monoisotopic (exact) mass is 314 g/mol. The summed E-state index contributed by atoms with van der Waals surface area (Å²) in [5, 5.41) is 8.41. The molecule has 0 fully saturated rings. The average molecular weight is 314 g/mol. The van der Waals surface area contributed by atoms with Gasteiger partial charge in [0, 0.05) is 0 Å². The normalized spacial score (nSPS) is 8.25. The molecular formula is C5H14AtNO. The minimum atomic E-state index is 0.789. The molecule has 0 rings (SSSR count). The molecule has 3 heteroatoms. The molecule has 0 heterocycles. The molecule has 0 radical (unpaired) electrons. The van der Waals surface area contributed by atoms with Gasteiger partial charge >= 0.3 is 53.1 Å². The van der Waals surface area contributed by atoms with Crippen LogP contribution in [0.5, 0.6) is 0 Å². The summed E-state index contributed by atoms with van der Waals surface area (Å²) in [6, 6.07) is 0. The fourth-order valence-electron chi connectivity index (χ4n) is 0.185. The standard InChI is InChI=1S/C3H8AtNO.C2H6/c1-2-3-5(4)6;1-2/h6H,2-3H2,1H3;1-2H3. The molecular weight excluding hydrogens is 300 g/mol. The zero-order chi connectivity index (χ0) is 6.99. The molecule has 0 saturated carbocycles. The van der Waals surface area contributed by atoms with E-state index in [0.29, 0.717) is 0 Å². The Kier molecular flexibility index (Phi) is 15.5. The Hall–Kier alpha value is 0.803. The van der Waals surface area contributed by atoms with Gasteiger partial charge < -0.3 is 0 Å². The Morgan fingerprint density at radius 2 is 1.88 bits per heavy atom. The summed E-state index contributed by atoms with van der Waals surface area (Å²) in [6.45, 7) is 6.82. The Labute approximate surface area is 67.1 Å². The number of nitrogens with zero attached hydrogens (tertiary/aromatic N) is 1. The van der Waals surface area contributed by atoms with Crippen molar-refractivity contribution in [1.29, 1.82) is 0 Å². The van der Waals surface area contributed by atoms with Gasteiger partial charge in [-0.25, -0.2) is 0 Å². The van der Waals surface area contributed by atoms with E-state index >= 15 is 0 Å². The first-order valence-electron chi connectivity index (χ1n) is 2.89. The predicted molar refractivity (Wildman–Crippen MR) is 30.1 cm³/mol. The second kappa shape index (κ2) is 10.7. The fraction of sp³-hybridized carbons (Fsp3) is 1.00. The summed E-state index contributed by atoms with van der Waals surface area (Å²) in [4.78, 5) is 0. The van der Waals surface area contributed by atoms with Crippen molar-refractivity contribution < 1.29 is 30.2 Å². The van der Waals surface area contributed by atoms with E-state index < -0.39 is 0 Å². The molecule has 0 unspecified atom stereocenters. The van der Waals surface area contributed by atoms with Crippen molar-refractivity contribution in [3.8, 4) is 0 Å². The van der Waals surface area contributed by atoms with Gasteiger partial charge in [-0.3, -0.25) is 0 Å². The molecule has 0 aliphatic rings. The predicted octanol–water partition coefficient (Wildman–Crippen LogP) is 1.58. The van der Waals surface area contributed by atoms with Gasteiger partial charge in [-0.1, -0.05) is 13.8 Å². The van der Waals surface area contributed by atoms with Crippen molar-refractivity contribution >= 4 is 0 Å². The first kappa shape index (κ1) is 11.6. The third kappa shape index (κ3) is 15.8. The van der Waals surface area contributed by atoms with Crippen LogP contribution < -0.4 is 0 Å². The number of hydroxylamine groups is 1. The molecule has 0 aromatic carbocycles. The molecule has 2 nitrogen and oxygen atoms in total. The van der Waals surface area contributed by atoms with Crippen LogP contribution >= 0.6 is 0 Å². The van der Waals surface area contributed by atoms with Crippen LogP contribution in [0.15, 0.2) is 0 Å². The van der Waals surface area contributed by atoms with Crippen LogP contribution in [0.25, 0.3) is 0 Å². The first-order valence-corrected chi connectivity index (χ1v) is 4.21. The molecule has 0 spiro atoms. The van der Waals surface area contributed by atoms with Gasteiger partial charge in [0.15, 0.2) is 0 Å². The molecule has 0 aromatic rings. The second-order valence-corrected chi connectivity index (χ2v) is 2.58. The van der Waals surface area contributed by atoms with Gasteiger partial charge in [0.05, 0.1) is 0 Å². The summed E-state index contributed by atoms with van der Waals surface area (Å²) >= 11 is 1.29. The van der Waals surface area contributed by atoms with E-state index in [2.05, 4.69) is 0 Å². The third-order valence-electron chi connectivity index (χ3n) is 0.408. The second-order valence-electron chi connectivity index (χ2n) is 1.06. The Morgan fingerprint density at radius 1 is 1.50 bits per heavy atom. The van der Waals surface area contributed by atoms with Crippen molar-refractivity contribution in [1.82, 2.24) is 3.01 Å². The summed E-state index contributed by atoms with van der Waals surface area (Å²) in [7, 11) is 0. The van der Waals surface area contributed by atoms with E-state index in [1.54, 1.807) is 0 Å². The molecule has 0 bridgehead atoms. The summed E-state index contributed by atoms with van der Waals surface area (Å²) in [5.74, 6) is 0. The van der Waals surface area contributed by atoms with E-state index in [4.69, 9.17) is 5.21 Å². The fourth-order valence-corrected chi connectivity index (χ4v) is 0.842. The summed E-state index contributed by atoms with van der Waals surface area (Å²) < 4.78 is 1.24. The van der Waals surface area contributed by atoms with Gasteiger partial charge in [0.1, 0.15) is 0 Å². The van der Waals surface area contributed by atoms with E-state index in [1.165, 1.54) is 28.0 Å². The number of hydrogen-bond acceptors (Lipinski definition) is 2. The molecule has 1 N–H and O–H groups in total. The zero-order valence-electron chi connectivity index (χ0n) is 5.69. The maximum atomic E-state index is 8.41. The minimum absolute atomic E-state index is 0.789. The first-order chi connectivity index (χ1) is 3.77. The average Bonchev–Trinajstić information content (AvgIpc) is 1.72. The number of hydrogen-bond donors (Lipinski definition) is 1. The Bertz CT molecular complexity index is 33.6. The molecule has 0 amide bonds. The van der Waals surface area contributed by atoms with Gasteiger partial charge in [-0.2, -0.15) is 0 Å². The van der Waals surface area contributed by atoms with E-state index in [1.807, 2.05) is 20.8 Å². The van der Waals surface area contributed by atoms with E-state index in [-0.39, 0.29) is 0 Å². The van der Waals surface area contributed by atoms with Crippen molar-refractivity contribution in [2.45, 2.75) is 27.2 Å². The molecule has 52 valence electrons. The van der Waals surface area contributed by atoms with Crippen LogP contribution in [0.3, 0.4) is 0 Å². The Balaban J connectivity index is 0. The molecule has 0 aliphatic heterocycles. The van der Waals surface area contributed by atoms with E-state index in [0.717, 1.165) is 13.0 Å². The van der Waals surface area contributed by atoms with Crippen molar-refractivity contribution in [3.05, 3.63) is 0 Å². The topological polar surface area (TPSA) is 23.5 Å². The van der Waals surface area contributed by atoms with Crippen LogP contribution in [0.1, 0.15) is 27.2 Å². The van der Waals surface area contributed by atoms with Gasteiger partial charge in [0.2, 0.25) is 0 Å². The Morgan fingerprint density at radius 3 is 1.88 bits per heavy atom. The maximum absolute atomic E-state index is 8.41. The van der Waals surface area contributed by atoms with Crippen LogP contribution in [0, 0.1) is 25.0 Å². The summed E-state index contributed by atoms with van der Waals surface area (Å²) in [6.07, 6.45) is 1.02. The van der Waals surface area contributed by atoms with Crippen molar-refractivity contribution in [2.24, 2.45) is 0 Å². The van der Waals surface area contributed by atoms with E-state index in [9.17, 15) is 0 Å². The van der Waals surface area contributed by atoms with Crippen LogP contribution in [0.2, 0.25) is 0 Å². The van der Waals surface area contributed by atoms with Crippen LogP contribution in [-0.4, -0.2) is 14.8 Å². The quantitative estimate of drug-likeness (QED) is 0.782.